The standard InChI is InChI=1S/C22H27BrN2O3/c1-16(21(27)24-22(2,3)4)25(14-17-10-12-18(23)13-11-17)20(26)15-28-19-8-6-5-7-9-19/h5-13,16H,14-15H2,1-4H3,(H,24,27). The van der Waals surface area contributed by atoms with Crippen molar-refractivity contribution in [2.45, 2.75) is 45.8 Å². The Labute approximate surface area is 175 Å². The molecule has 28 heavy (non-hydrogen) atoms. The molecule has 1 unspecified atom stereocenters. The van der Waals surface area contributed by atoms with E-state index in [1.165, 1.54) is 0 Å². The third-order valence-electron chi connectivity index (χ3n) is 4.04. The van der Waals surface area contributed by atoms with Gasteiger partial charge in [0.1, 0.15) is 11.8 Å². The van der Waals surface area contributed by atoms with Crippen LogP contribution in [-0.4, -0.2) is 34.9 Å². The predicted molar refractivity (Wildman–Crippen MR) is 114 cm³/mol. The lowest BCUT2D eigenvalue weighted by molar-refractivity contribution is -0.142. The molecule has 2 aromatic carbocycles. The molecule has 5 nitrogen and oxygen atoms in total. The summed E-state index contributed by atoms with van der Waals surface area (Å²) >= 11 is 3.41. The number of halogens is 1. The quantitative estimate of drug-likeness (QED) is 0.694. The Bertz CT molecular complexity index is 786. The van der Waals surface area contributed by atoms with Gasteiger partial charge in [-0.3, -0.25) is 9.59 Å². The van der Waals surface area contributed by atoms with Crippen LogP contribution in [0.25, 0.3) is 0 Å². The first-order valence-electron chi connectivity index (χ1n) is 9.19. The number of hydrogen-bond donors (Lipinski definition) is 1. The molecule has 1 N–H and O–H groups in total. The summed E-state index contributed by atoms with van der Waals surface area (Å²) in [4.78, 5) is 27.1. The largest absolute Gasteiger partial charge is 0.484 e. The van der Waals surface area contributed by atoms with Gasteiger partial charge < -0.3 is 15.0 Å². The summed E-state index contributed by atoms with van der Waals surface area (Å²) in [6.07, 6.45) is 0. The number of amides is 2. The van der Waals surface area contributed by atoms with E-state index in [0.717, 1.165) is 10.0 Å². The van der Waals surface area contributed by atoms with E-state index in [1.807, 2.05) is 63.2 Å². The summed E-state index contributed by atoms with van der Waals surface area (Å²) in [6.45, 7) is 7.67. The molecular weight excluding hydrogens is 420 g/mol. The molecule has 2 aromatic rings. The van der Waals surface area contributed by atoms with Crippen LogP contribution in [0, 0.1) is 0 Å². The van der Waals surface area contributed by atoms with Crippen LogP contribution < -0.4 is 10.1 Å². The van der Waals surface area contributed by atoms with Crippen LogP contribution in [-0.2, 0) is 16.1 Å². The lowest BCUT2D eigenvalue weighted by Gasteiger charge is -2.31. The van der Waals surface area contributed by atoms with Gasteiger partial charge >= 0.3 is 0 Å². The summed E-state index contributed by atoms with van der Waals surface area (Å²) in [5, 5.41) is 2.94. The van der Waals surface area contributed by atoms with E-state index in [1.54, 1.807) is 24.0 Å². The number of benzene rings is 2. The normalized spacial score (nSPS) is 12.2. The summed E-state index contributed by atoms with van der Waals surface area (Å²) in [5.41, 5.74) is 0.560. The number of nitrogens with zero attached hydrogens (tertiary/aromatic N) is 1. The van der Waals surface area contributed by atoms with Crippen molar-refractivity contribution in [2.24, 2.45) is 0 Å². The second-order valence-corrected chi connectivity index (χ2v) is 8.58. The number of nitrogens with one attached hydrogen (secondary N) is 1. The zero-order chi connectivity index (χ0) is 20.7. The molecule has 0 aliphatic rings. The number of ether oxygens (including phenoxy) is 1. The molecule has 0 saturated heterocycles. The predicted octanol–water partition coefficient (Wildman–Crippen LogP) is 4.16. The van der Waals surface area contributed by atoms with Crippen LogP contribution in [0.3, 0.4) is 0 Å². The maximum Gasteiger partial charge on any atom is 0.261 e. The van der Waals surface area contributed by atoms with Crippen molar-refractivity contribution in [1.82, 2.24) is 10.2 Å². The zero-order valence-electron chi connectivity index (χ0n) is 16.7. The Balaban J connectivity index is 2.15. The third-order valence-corrected chi connectivity index (χ3v) is 4.57. The molecule has 1 atom stereocenters. The van der Waals surface area contributed by atoms with Crippen LogP contribution in [0.4, 0.5) is 0 Å². The average Bonchev–Trinajstić information content (AvgIpc) is 2.64. The number of rotatable bonds is 7. The summed E-state index contributed by atoms with van der Waals surface area (Å²) < 4.78 is 6.56. The van der Waals surface area contributed by atoms with Crippen LogP contribution in [0.15, 0.2) is 59.1 Å². The molecule has 150 valence electrons. The van der Waals surface area contributed by atoms with Crippen LogP contribution in [0.2, 0.25) is 0 Å². The van der Waals surface area contributed by atoms with Gasteiger partial charge in [0.05, 0.1) is 0 Å². The average molecular weight is 447 g/mol. The number of carbonyl (C=O) groups is 2. The van der Waals surface area contributed by atoms with Crippen molar-refractivity contribution in [2.75, 3.05) is 6.61 Å². The Morgan fingerprint density at radius 2 is 1.68 bits per heavy atom. The maximum atomic E-state index is 12.9. The molecule has 0 heterocycles. The SMILES string of the molecule is CC(C(=O)NC(C)(C)C)N(Cc1ccc(Br)cc1)C(=O)COc1ccccc1. The van der Waals surface area contributed by atoms with Crippen molar-refractivity contribution in [1.29, 1.82) is 0 Å². The molecule has 0 aliphatic heterocycles. The first kappa shape index (κ1) is 22.0. The molecule has 0 radical (unpaired) electrons. The van der Waals surface area contributed by atoms with Gasteiger partial charge in [0.2, 0.25) is 5.91 Å². The van der Waals surface area contributed by atoms with Crippen molar-refractivity contribution in [3.8, 4) is 5.75 Å². The minimum absolute atomic E-state index is 0.131. The Kier molecular flexibility index (Phi) is 7.63. The monoisotopic (exact) mass is 446 g/mol. The molecule has 6 heteroatoms. The highest BCUT2D eigenvalue weighted by atomic mass is 79.9. The van der Waals surface area contributed by atoms with Crippen molar-refractivity contribution >= 4 is 27.7 Å². The number of hydrogen-bond acceptors (Lipinski definition) is 3. The summed E-state index contributed by atoms with van der Waals surface area (Å²) in [5.74, 6) is 0.173. The molecule has 0 fully saturated rings. The Morgan fingerprint density at radius 1 is 1.07 bits per heavy atom. The van der Waals surface area contributed by atoms with Gasteiger partial charge in [-0.25, -0.2) is 0 Å². The van der Waals surface area contributed by atoms with Gasteiger partial charge in [0, 0.05) is 16.6 Å². The van der Waals surface area contributed by atoms with E-state index in [2.05, 4.69) is 21.2 Å². The van der Waals surface area contributed by atoms with Gasteiger partial charge in [-0.05, 0) is 57.5 Å². The highest BCUT2D eigenvalue weighted by molar-refractivity contribution is 9.10. The van der Waals surface area contributed by atoms with E-state index < -0.39 is 6.04 Å². The smallest absolute Gasteiger partial charge is 0.261 e. The highest BCUT2D eigenvalue weighted by Crippen LogP contribution is 2.16. The molecule has 0 aromatic heterocycles. The number of carbonyl (C=O) groups excluding carboxylic acids is 2. The highest BCUT2D eigenvalue weighted by Gasteiger charge is 2.28. The topological polar surface area (TPSA) is 58.6 Å². The molecule has 2 amide bonds. The molecule has 2 rings (SSSR count). The minimum atomic E-state index is -0.630. The molecular formula is C22H27BrN2O3. The lowest BCUT2D eigenvalue weighted by Crippen LogP contribution is -2.53. The van der Waals surface area contributed by atoms with Gasteiger partial charge in [-0.1, -0.05) is 46.3 Å². The second kappa shape index (κ2) is 9.73. The lowest BCUT2D eigenvalue weighted by atomic mass is 10.1. The fourth-order valence-electron chi connectivity index (χ4n) is 2.59. The van der Waals surface area contributed by atoms with Gasteiger partial charge in [-0.15, -0.1) is 0 Å². The first-order valence-corrected chi connectivity index (χ1v) is 9.99. The van der Waals surface area contributed by atoms with E-state index >= 15 is 0 Å². The number of para-hydroxylation sites is 1. The van der Waals surface area contributed by atoms with Gasteiger partial charge in [-0.2, -0.15) is 0 Å². The fraction of sp³-hybridized carbons (Fsp3) is 0.364. The first-order chi connectivity index (χ1) is 13.2. The van der Waals surface area contributed by atoms with Gasteiger partial charge in [0.25, 0.3) is 5.91 Å². The van der Waals surface area contributed by atoms with Crippen molar-refractivity contribution < 1.29 is 14.3 Å². The van der Waals surface area contributed by atoms with Crippen LogP contribution >= 0.6 is 15.9 Å². The van der Waals surface area contributed by atoms with E-state index in [-0.39, 0.29) is 24.0 Å². The molecule has 0 spiro atoms. The fourth-order valence-corrected chi connectivity index (χ4v) is 2.85. The second-order valence-electron chi connectivity index (χ2n) is 7.67. The molecule has 0 aliphatic carbocycles. The zero-order valence-corrected chi connectivity index (χ0v) is 18.3. The van der Waals surface area contributed by atoms with E-state index in [4.69, 9.17) is 4.74 Å². The maximum absolute atomic E-state index is 12.9. The third kappa shape index (κ3) is 7.00. The summed E-state index contributed by atoms with van der Waals surface area (Å²) in [7, 11) is 0. The Hall–Kier alpha value is -2.34. The van der Waals surface area contributed by atoms with Gasteiger partial charge in [0.15, 0.2) is 6.61 Å². The molecule has 0 saturated carbocycles. The van der Waals surface area contributed by atoms with E-state index in [9.17, 15) is 9.59 Å². The molecule has 0 bridgehead atoms. The van der Waals surface area contributed by atoms with E-state index in [0.29, 0.717) is 12.3 Å². The van der Waals surface area contributed by atoms with Crippen molar-refractivity contribution in [3.63, 3.8) is 0 Å². The van der Waals surface area contributed by atoms with Crippen LogP contribution in [0.1, 0.15) is 33.3 Å². The Morgan fingerprint density at radius 3 is 2.25 bits per heavy atom. The minimum Gasteiger partial charge on any atom is -0.484 e. The van der Waals surface area contributed by atoms with Crippen LogP contribution in [0.5, 0.6) is 5.75 Å². The summed E-state index contributed by atoms with van der Waals surface area (Å²) in [6, 6.07) is 16.2. The van der Waals surface area contributed by atoms with Crippen molar-refractivity contribution in [3.05, 3.63) is 64.6 Å².